The van der Waals surface area contributed by atoms with E-state index in [-0.39, 0.29) is 11.5 Å². The molecule has 1 amide bonds. The molecule has 0 saturated carbocycles. The van der Waals surface area contributed by atoms with Crippen molar-refractivity contribution in [3.05, 3.63) is 105 Å². The molecule has 0 saturated heterocycles. The summed E-state index contributed by atoms with van der Waals surface area (Å²) in [4.78, 5) is 28.7. The van der Waals surface area contributed by atoms with E-state index < -0.39 is 0 Å². The Bertz CT molecular complexity index is 1330. The van der Waals surface area contributed by atoms with Crippen molar-refractivity contribution >= 4 is 34.0 Å². The van der Waals surface area contributed by atoms with Gasteiger partial charge in [0.05, 0.1) is 5.56 Å². The first-order chi connectivity index (χ1) is 14.6. The third-order valence-corrected chi connectivity index (χ3v) is 5.87. The molecule has 1 aliphatic heterocycles. The molecule has 0 radical (unpaired) electrons. The lowest BCUT2D eigenvalue weighted by Gasteiger charge is -2.30. The molecule has 148 valence electrons. The Morgan fingerprint density at radius 1 is 0.867 bits per heavy atom. The molecule has 2 heterocycles. The standard InChI is InChI=1S/C25H19ClN2O2/c26-18-11-13-19(14-12-18)28-16-22(20-8-2-3-9-21(20)24(28)29)25(30)27-15-5-7-17-6-1-4-10-23(17)27/h1-4,6,8-14,16H,5,7,15H2. The summed E-state index contributed by atoms with van der Waals surface area (Å²) >= 11 is 6.02. The zero-order valence-electron chi connectivity index (χ0n) is 16.2. The predicted octanol–water partition coefficient (Wildman–Crippen LogP) is 5.24. The number of hydrogen-bond donors (Lipinski definition) is 0. The van der Waals surface area contributed by atoms with Crippen LogP contribution in [0.5, 0.6) is 0 Å². The summed E-state index contributed by atoms with van der Waals surface area (Å²) in [7, 11) is 0. The van der Waals surface area contributed by atoms with Crippen LogP contribution in [0.25, 0.3) is 16.5 Å². The molecule has 3 aromatic carbocycles. The number of nitrogens with zero attached hydrogens (tertiary/aromatic N) is 2. The number of carbonyl (C=O) groups excluding carboxylic acids is 1. The Hall–Kier alpha value is -3.37. The number of carbonyl (C=O) groups is 1. The van der Waals surface area contributed by atoms with Crippen LogP contribution < -0.4 is 10.5 Å². The molecule has 0 spiro atoms. The normalized spacial score (nSPS) is 13.3. The van der Waals surface area contributed by atoms with E-state index >= 15 is 0 Å². The average Bonchev–Trinajstić information content (AvgIpc) is 2.79. The van der Waals surface area contributed by atoms with E-state index in [2.05, 4.69) is 6.07 Å². The highest BCUT2D eigenvalue weighted by Crippen LogP contribution is 2.29. The number of para-hydroxylation sites is 1. The molecule has 1 aromatic heterocycles. The molecular weight excluding hydrogens is 396 g/mol. The molecule has 0 fully saturated rings. The van der Waals surface area contributed by atoms with E-state index in [1.807, 2.05) is 41.3 Å². The minimum atomic E-state index is -0.163. The summed E-state index contributed by atoms with van der Waals surface area (Å²) in [5, 5.41) is 1.78. The first kappa shape index (κ1) is 18.6. The number of aromatic nitrogens is 1. The van der Waals surface area contributed by atoms with Gasteiger partial charge in [-0.25, -0.2) is 0 Å². The SMILES string of the molecule is O=C(c1cn(-c2ccc(Cl)cc2)c(=O)c2ccccc12)N1CCCc2ccccc21. The van der Waals surface area contributed by atoms with Gasteiger partial charge in [-0.05, 0) is 54.8 Å². The molecule has 1 aliphatic rings. The van der Waals surface area contributed by atoms with Gasteiger partial charge in [0.25, 0.3) is 11.5 Å². The Balaban J connectivity index is 1.71. The van der Waals surface area contributed by atoms with Gasteiger partial charge in [-0.3, -0.25) is 14.2 Å². The second-order valence-electron chi connectivity index (χ2n) is 7.43. The Morgan fingerprint density at radius 2 is 1.57 bits per heavy atom. The highest BCUT2D eigenvalue weighted by Gasteiger charge is 2.25. The Morgan fingerprint density at radius 3 is 2.37 bits per heavy atom. The summed E-state index contributed by atoms with van der Waals surface area (Å²) in [6.07, 6.45) is 3.54. The van der Waals surface area contributed by atoms with Crippen molar-refractivity contribution in [2.24, 2.45) is 0 Å². The number of aryl methyl sites for hydroxylation is 1. The molecule has 5 heteroatoms. The summed E-state index contributed by atoms with van der Waals surface area (Å²) in [6.45, 7) is 0.657. The topological polar surface area (TPSA) is 42.3 Å². The summed E-state index contributed by atoms with van der Waals surface area (Å²) in [5.74, 6) is -0.0962. The van der Waals surface area contributed by atoms with Crippen molar-refractivity contribution in [3.63, 3.8) is 0 Å². The summed E-state index contributed by atoms with van der Waals surface area (Å²) in [5.41, 5.74) is 3.14. The van der Waals surface area contributed by atoms with E-state index in [0.717, 1.165) is 18.5 Å². The average molecular weight is 415 g/mol. The zero-order valence-corrected chi connectivity index (χ0v) is 17.0. The van der Waals surface area contributed by atoms with Gasteiger partial charge < -0.3 is 4.90 Å². The fourth-order valence-electron chi connectivity index (χ4n) is 4.15. The molecule has 0 atom stereocenters. The van der Waals surface area contributed by atoms with Crippen LogP contribution in [0.1, 0.15) is 22.3 Å². The number of rotatable bonds is 2. The molecular formula is C25H19ClN2O2. The van der Waals surface area contributed by atoms with Crippen LogP contribution in [-0.2, 0) is 6.42 Å². The van der Waals surface area contributed by atoms with E-state index in [1.165, 1.54) is 10.1 Å². The van der Waals surface area contributed by atoms with Crippen LogP contribution in [0.15, 0.2) is 83.8 Å². The molecule has 4 aromatic rings. The monoisotopic (exact) mass is 414 g/mol. The molecule has 0 unspecified atom stereocenters. The lowest BCUT2D eigenvalue weighted by molar-refractivity contribution is 0.0986. The van der Waals surface area contributed by atoms with Crippen LogP contribution >= 0.6 is 11.6 Å². The van der Waals surface area contributed by atoms with Gasteiger partial charge in [0.15, 0.2) is 0 Å². The van der Waals surface area contributed by atoms with Gasteiger partial charge in [0.1, 0.15) is 0 Å². The summed E-state index contributed by atoms with van der Waals surface area (Å²) in [6, 6.07) is 22.3. The van der Waals surface area contributed by atoms with Gasteiger partial charge >= 0.3 is 0 Å². The first-order valence-corrected chi connectivity index (χ1v) is 10.3. The molecule has 0 bridgehead atoms. The number of amides is 1. The number of pyridine rings is 1. The molecule has 0 aliphatic carbocycles. The van der Waals surface area contributed by atoms with Gasteiger partial charge in [0.2, 0.25) is 0 Å². The number of benzene rings is 3. The van der Waals surface area contributed by atoms with Crippen molar-refractivity contribution in [1.82, 2.24) is 4.57 Å². The maximum Gasteiger partial charge on any atom is 0.262 e. The van der Waals surface area contributed by atoms with Gasteiger partial charge in [0, 0.05) is 39.9 Å². The third kappa shape index (κ3) is 3.10. The number of hydrogen-bond acceptors (Lipinski definition) is 2. The second-order valence-corrected chi connectivity index (χ2v) is 7.87. The van der Waals surface area contributed by atoms with Crippen molar-refractivity contribution in [2.75, 3.05) is 11.4 Å². The van der Waals surface area contributed by atoms with Crippen LogP contribution in [0.4, 0.5) is 5.69 Å². The maximum atomic E-state index is 13.7. The smallest absolute Gasteiger partial charge is 0.262 e. The molecule has 4 nitrogen and oxygen atoms in total. The van der Waals surface area contributed by atoms with E-state index in [4.69, 9.17) is 11.6 Å². The van der Waals surface area contributed by atoms with Crippen molar-refractivity contribution in [2.45, 2.75) is 12.8 Å². The van der Waals surface area contributed by atoms with Gasteiger partial charge in [-0.15, -0.1) is 0 Å². The van der Waals surface area contributed by atoms with Crippen LogP contribution in [0.3, 0.4) is 0 Å². The van der Waals surface area contributed by atoms with Crippen molar-refractivity contribution in [3.8, 4) is 5.69 Å². The van der Waals surface area contributed by atoms with Crippen LogP contribution in [-0.4, -0.2) is 17.0 Å². The van der Waals surface area contributed by atoms with E-state index in [0.29, 0.717) is 33.6 Å². The molecule has 5 rings (SSSR count). The predicted molar refractivity (Wildman–Crippen MR) is 121 cm³/mol. The van der Waals surface area contributed by atoms with Crippen LogP contribution in [0, 0.1) is 0 Å². The molecule has 30 heavy (non-hydrogen) atoms. The largest absolute Gasteiger partial charge is 0.308 e. The quantitative estimate of drug-likeness (QED) is 0.450. The summed E-state index contributed by atoms with van der Waals surface area (Å²) < 4.78 is 1.53. The number of anilines is 1. The van der Waals surface area contributed by atoms with Gasteiger partial charge in [-0.2, -0.15) is 0 Å². The molecule has 0 N–H and O–H groups in total. The highest BCUT2D eigenvalue weighted by atomic mass is 35.5. The maximum absolute atomic E-state index is 13.7. The first-order valence-electron chi connectivity index (χ1n) is 9.93. The minimum absolute atomic E-state index is 0.0962. The lowest BCUT2D eigenvalue weighted by Crippen LogP contribution is -2.36. The van der Waals surface area contributed by atoms with Gasteiger partial charge in [-0.1, -0.05) is 48.0 Å². The van der Waals surface area contributed by atoms with Crippen LogP contribution in [0.2, 0.25) is 5.02 Å². The Labute approximate surface area is 178 Å². The van der Waals surface area contributed by atoms with E-state index in [9.17, 15) is 9.59 Å². The highest BCUT2D eigenvalue weighted by molar-refractivity contribution is 6.30. The number of fused-ring (bicyclic) bond motifs is 2. The van der Waals surface area contributed by atoms with Crippen molar-refractivity contribution in [1.29, 1.82) is 0 Å². The lowest BCUT2D eigenvalue weighted by atomic mass is 9.99. The fraction of sp³-hybridized carbons (Fsp3) is 0.120. The minimum Gasteiger partial charge on any atom is -0.308 e. The number of halogens is 1. The zero-order chi connectivity index (χ0) is 20.7. The Kier molecular flexibility index (Phi) is 4.64. The fourth-order valence-corrected chi connectivity index (χ4v) is 4.27. The second kappa shape index (κ2) is 7.47. The van der Waals surface area contributed by atoms with E-state index in [1.54, 1.807) is 36.5 Å². The third-order valence-electron chi connectivity index (χ3n) is 5.62. The van der Waals surface area contributed by atoms with Crippen molar-refractivity contribution < 1.29 is 4.79 Å².